The minimum Gasteiger partial charge on any atom is -0.310 e. The van der Waals surface area contributed by atoms with Gasteiger partial charge in [-0.25, -0.2) is 0 Å². The summed E-state index contributed by atoms with van der Waals surface area (Å²) in [5, 5.41) is 4.01. The van der Waals surface area contributed by atoms with Gasteiger partial charge in [0.25, 0.3) is 0 Å². The van der Waals surface area contributed by atoms with Crippen LogP contribution in [-0.2, 0) is 0 Å². The maximum Gasteiger partial charge on any atom is 0.0200 e. The molecule has 0 radical (unpaired) electrons. The molecular formula is C18H34N2. The lowest BCUT2D eigenvalue weighted by Crippen LogP contribution is -2.54. The summed E-state index contributed by atoms with van der Waals surface area (Å²) < 4.78 is 0. The molecule has 2 atom stereocenters. The van der Waals surface area contributed by atoms with Crippen molar-refractivity contribution in [3.63, 3.8) is 0 Å². The zero-order valence-corrected chi connectivity index (χ0v) is 13.4. The number of piperidine rings is 1. The predicted molar refractivity (Wildman–Crippen MR) is 86.0 cm³/mol. The Morgan fingerprint density at radius 1 is 0.850 bits per heavy atom. The van der Waals surface area contributed by atoms with Crippen LogP contribution in [-0.4, -0.2) is 36.1 Å². The van der Waals surface area contributed by atoms with Crippen molar-refractivity contribution in [2.75, 3.05) is 13.1 Å². The van der Waals surface area contributed by atoms with Gasteiger partial charge < -0.3 is 5.32 Å². The molecule has 1 saturated heterocycles. The van der Waals surface area contributed by atoms with Crippen LogP contribution in [0.3, 0.4) is 0 Å². The Bertz CT molecular complexity index is 279. The van der Waals surface area contributed by atoms with Gasteiger partial charge in [-0.1, -0.05) is 45.4 Å². The van der Waals surface area contributed by atoms with Crippen LogP contribution >= 0.6 is 0 Å². The van der Waals surface area contributed by atoms with E-state index in [0.717, 1.165) is 24.0 Å². The van der Waals surface area contributed by atoms with E-state index < -0.39 is 0 Å². The highest BCUT2D eigenvalue weighted by Gasteiger charge is 2.32. The largest absolute Gasteiger partial charge is 0.310 e. The van der Waals surface area contributed by atoms with Gasteiger partial charge in [-0.2, -0.15) is 0 Å². The van der Waals surface area contributed by atoms with Crippen LogP contribution < -0.4 is 5.32 Å². The van der Waals surface area contributed by atoms with Crippen LogP contribution in [0.5, 0.6) is 0 Å². The molecule has 1 heterocycles. The third-order valence-corrected chi connectivity index (χ3v) is 6.06. The van der Waals surface area contributed by atoms with E-state index in [1.807, 2.05) is 0 Å². The van der Waals surface area contributed by atoms with Gasteiger partial charge in [-0.3, -0.25) is 4.90 Å². The van der Waals surface area contributed by atoms with Crippen LogP contribution in [0.4, 0.5) is 0 Å². The lowest BCUT2D eigenvalue weighted by atomic mass is 9.87. The topological polar surface area (TPSA) is 15.3 Å². The van der Waals surface area contributed by atoms with Crippen molar-refractivity contribution in [1.82, 2.24) is 10.2 Å². The second kappa shape index (κ2) is 7.26. The van der Waals surface area contributed by atoms with E-state index in [1.54, 1.807) is 0 Å². The summed E-state index contributed by atoms with van der Waals surface area (Å²) in [5.74, 6) is 0.935. The summed E-state index contributed by atoms with van der Waals surface area (Å²) in [7, 11) is 0. The molecule has 116 valence electrons. The molecule has 0 amide bonds. The standard InChI is InChI=1S/C18H34N2/c1-2-15-12-17(19-16-8-6-7-9-16)14-20(13-15)18-10-4-3-5-11-18/h15-19H,2-14H2,1H3. The molecule has 2 saturated carbocycles. The summed E-state index contributed by atoms with van der Waals surface area (Å²) in [6, 6.07) is 2.52. The van der Waals surface area contributed by atoms with E-state index in [4.69, 9.17) is 0 Å². The second-order valence-electron chi connectivity index (χ2n) is 7.60. The third-order valence-electron chi connectivity index (χ3n) is 6.06. The maximum atomic E-state index is 4.01. The fourth-order valence-electron chi connectivity index (χ4n) is 4.83. The summed E-state index contributed by atoms with van der Waals surface area (Å²) in [4.78, 5) is 2.86. The Balaban J connectivity index is 1.56. The monoisotopic (exact) mass is 278 g/mol. The van der Waals surface area contributed by atoms with E-state index in [9.17, 15) is 0 Å². The van der Waals surface area contributed by atoms with E-state index in [0.29, 0.717) is 0 Å². The van der Waals surface area contributed by atoms with E-state index in [2.05, 4.69) is 17.1 Å². The summed E-state index contributed by atoms with van der Waals surface area (Å²) >= 11 is 0. The third kappa shape index (κ3) is 3.76. The first-order valence-corrected chi connectivity index (χ1v) is 9.35. The number of rotatable bonds is 4. The van der Waals surface area contributed by atoms with Crippen molar-refractivity contribution in [1.29, 1.82) is 0 Å². The molecule has 0 aromatic carbocycles. The number of likely N-dealkylation sites (tertiary alicyclic amines) is 1. The van der Waals surface area contributed by atoms with E-state index in [1.165, 1.54) is 83.7 Å². The first kappa shape index (κ1) is 14.8. The second-order valence-corrected chi connectivity index (χ2v) is 7.60. The fraction of sp³-hybridized carbons (Fsp3) is 1.00. The summed E-state index contributed by atoms with van der Waals surface area (Å²) in [5.41, 5.74) is 0. The number of hydrogen-bond donors (Lipinski definition) is 1. The highest BCUT2D eigenvalue weighted by Crippen LogP contribution is 2.29. The van der Waals surface area contributed by atoms with Crippen molar-refractivity contribution >= 4 is 0 Å². The quantitative estimate of drug-likeness (QED) is 0.837. The normalized spacial score (nSPS) is 34.6. The molecule has 1 N–H and O–H groups in total. The zero-order valence-electron chi connectivity index (χ0n) is 13.4. The number of hydrogen-bond acceptors (Lipinski definition) is 2. The fourth-order valence-corrected chi connectivity index (χ4v) is 4.83. The van der Waals surface area contributed by atoms with Crippen LogP contribution in [0.15, 0.2) is 0 Å². The maximum absolute atomic E-state index is 4.01. The van der Waals surface area contributed by atoms with E-state index in [-0.39, 0.29) is 0 Å². The zero-order chi connectivity index (χ0) is 13.8. The highest BCUT2D eigenvalue weighted by atomic mass is 15.2. The van der Waals surface area contributed by atoms with Gasteiger partial charge in [0.05, 0.1) is 0 Å². The molecule has 3 fully saturated rings. The van der Waals surface area contributed by atoms with Gasteiger partial charge in [-0.15, -0.1) is 0 Å². The molecular weight excluding hydrogens is 244 g/mol. The first-order valence-electron chi connectivity index (χ1n) is 9.35. The molecule has 0 bridgehead atoms. The van der Waals surface area contributed by atoms with Crippen molar-refractivity contribution in [3.05, 3.63) is 0 Å². The lowest BCUT2D eigenvalue weighted by molar-refractivity contribution is 0.0730. The smallest absolute Gasteiger partial charge is 0.0200 e. The van der Waals surface area contributed by atoms with Crippen LogP contribution in [0.1, 0.15) is 77.6 Å². The summed E-state index contributed by atoms with van der Waals surface area (Å²) in [6.45, 7) is 5.10. The Labute approximate surface area is 125 Å². The molecule has 2 nitrogen and oxygen atoms in total. The average Bonchev–Trinajstić information content (AvgIpc) is 3.00. The van der Waals surface area contributed by atoms with Crippen molar-refractivity contribution in [2.24, 2.45) is 5.92 Å². The lowest BCUT2D eigenvalue weighted by Gasteiger charge is -2.44. The molecule has 1 aliphatic heterocycles. The Hall–Kier alpha value is -0.0800. The van der Waals surface area contributed by atoms with Gasteiger partial charge in [0, 0.05) is 31.2 Å². The Kier molecular flexibility index (Phi) is 5.39. The summed E-state index contributed by atoms with van der Waals surface area (Å²) in [6.07, 6.45) is 15.9. The molecule has 0 aromatic heterocycles. The van der Waals surface area contributed by atoms with Crippen molar-refractivity contribution < 1.29 is 0 Å². The Morgan fingerprint density at radius 3 is 2.25 bits per heavy atom. The minimum absolute atomic E-state index is 0.777. The number of nitrogens with zero attached hydrogens (tertiary/aromatic N) is 1. The van der Waals surface area contributed by atoms with Crippen molar-refractivity contribution in [3.8, 4) is 0 Å². The van der Waals surface area contributed by atoms with Crippen LogP contribution in [0, 0.1) is 5.92 Å². The molecule has 3 rings (SSSR count). The highest BCUT2D eigenvalue weighted by molar-refractivity contribution is 4.90. The Morgan fingerprint density at radius 2 is 1.55 bits per heavy atom. The van der Waals surface area contributed by atoms with E-state index >= 15 is 0 Å². The van der Waals surface area contributed by atoms with Crippen LogP contribution in [0.25, 0.3) is 0 Å². The van der Waals surface area contributed by atoms with Crippen molar-refractivity contribution in [2.45, 2.75) is 95.7 Å². The molecule has 2 unspecified atom stereocenters. The van der Waals surface area contributed by atoms with Gasteiger partial charge in [0.1, 0.15) is 0 Å². The molecule has 2 aliphatic carbocycles. The van der Waals surface area contributed by atoms with Crippen LogP contribution in [0.2, 0.25) is 0 Å². The molecule has 2 heteroatoms. The molecule has 0 spiro atoms. The minimum atomic E-state index is 0.777. The molecule has 20 heavy (non-hydrogen) atoms. The van der Waals surface area contributed by atoms with Gasteiger partial charge in [0.15, 0.2) is 0 Å². The van der Waals surface area contributed by atoms with Gasteiger partial charge >= 0.3 is 0 Å². The first-order chi connectivity index (χ1) is 9.85. The average molecular weight is 278 g/mol. The predicted octanol–water partition coefficient (Wildman–Crippen LogP) is 3.95. The van der Waals surface area contributed by atoms with Gasteiger partial charge in [0.2, 0.25) is 0 Å². The van der Waals surface area contributed by atoms with Gasteiger partial charge in [-0.05, 0) is 38.0 Å². The molecule has 3 aliphatic rings. The SMILES string of the molecule is CCC1CC(NC2CCCC2)CN(C2CCCCC2)C1. The molecule has 0 aromatic rings. The number of nitrogens with one attached hydrogen (secondary N) is 1.